The molecule has 0 fully saturated rings. The van der Waals surface area contributed by atoms with Crippen LogP contribution < -0.4 is 10.7 Å². The van der Waals surface area contributed by atoms with Gasteiger partial charge in [-0.1, -0.05) is 26.0 Å². The maximum Gasteiger partial charge on any atom is 0.271 e. The second-order valence-corrected chi connectivity index (χ2v) is 6.38. The van der Waals surface area contributed by atoms with Crippen molar-refractivity contribution in [2.45, 2.75) is 27.2 Å². The number of aromatic hydroxyl groups is 1. The monoisotopic (exact) mass is 353 g/mol. The van der Waals surface area contributed by atoms with Crippen molar-refractivity contribution >= 4 is 23.2 Å². The number of anilines is 1. The molecule has 136 valence electrons. The Kier molecular flexibility index (Phi) is 6.49. The standard InChI is InChI=1S/C20H23N3O3/c1-13(2)12-19(25)21-16-10-8-15(9-11-16)20(26)23-22-14(3)17-6-4-5-7-18(17)24/h4-11,13,24H,12H2,1-3H3,(H,21,25)(H,23,26)/b22-14+. The average Bonchev–Trinajstić information content (AvgIpc) is 2.59. The molecule has 0 atom stereocenters. The van der Waals surface area contributed by atoms with Gasteiger partial charge in [-0.05, 0) is 49.2 Å². The number of benzene rings is 2. The highest BCUT2D eigenvalue weighted by Gasteiger charge is 2.08. The third-order valence-electron chi connectivity index (χ3n) is 3.64. The Hall–Kier alpha value is -3.15. The summed E-state index contributed by atoms with van der Waals surface area (Å²) in [5.74, 6) is -0.0467. The fraction of sp³-hybridized carbons (Fsp3) is 0.250. The Balaban J connectivity index is 1.98. The first kappa shape index (κ1) is 19.2. The van der Waals surface area contributed by atoms with E-state index in [1.165, 1.54) is 0 Å². The Morgan fingerprint density at radius 1 is 1.08 bits per heavy atom. The van der Waals surface area contributed by atoms with Gasteiger partial charge in [0.05, 0.1) is 5.71 Å². The molecule has 6 nitrogen and oxygen atoms in total. The molecule has 0 aliphatic heterocycles. The predicted octanol–water partition coefficient (Wildman–Crippen LogP) is 3.53. The number of rotatable bonds is 6. The van der Waals surface area contributed by atoms with Crippen molar-refractivity contribution in [3.63, 3.8) is 0 Å². The molecular weight excluding hydrogens is 330 g/mol. The van der Waals surface area contributed by atoms with Crippen LogP contribution in [0.15, 0.2) is 53.6 Å². The molecule has 6 heteroatoms. The van der Waals surface area contributed by atoms with Crippen LogP contribution in [0.3, 0.4) is 0 Å². The largest absolute Gasteiger partial charge is 0.507 e. The highest BCUT2D eigenvalue weighted by molar-refractivity contribution is 6.02. The van der Waals surface area contributed by atoms with Crippen molar-refractivity contribution in [1.82, 2.24) is 5.43 Å². The third-order valence-corrected chi connectivity index (χ3v) is 3.64. The van der Waals surface area contributed by atoms with E-state index in [1.54, 1.807) is 55.5 Å². The Morgan fingerprint density at radius 2 is 1.73 bits per heavy atom. The first-order chi connectivity index (χ1) is 12.4. The number of nitrogens with zero attached hydrogens (tertiary/aromatic N) is 1. The summed E-state index contributed by atoms with van der Waals surface area (Å²) in [5, 5.41) is 16.6. The summed E-state index contributed by atoms with van der Waals surface area (Å²) in [6.07, 6.45) is 0.447. The van der Waals surface area contributed by atoms with E-state index >= 15 is 0 Å². The first-order valence-corrected chi connectivity index (χ1v) is 8.39. The van der Waals surface area contributed by atoms with Gasteiger partial charge in [0.1, 0.15) is 5.75 Å². The van der Waals surface area contributed by atoms with Crippen molar-refractivity contribution in [3.05, 3.63) is 59.7 Å². The van der Waals surface area contributed by atoms with E-state index in [4.69, 9.17) is 0 Å². The molecule has 26 heavy (non-hydrogen) atoms. The fourth-order valence-electron chi connectivity index (χ4n) is 2.33. The number of nitrogens with one attached hydrogen (secondary N) is 2. The number of para-hydroxylation sites is 1. The predicted molar refractivity (Wildman–Crippen MR) is 102 cm³/mol. The Labute approximate surface area is 152 Å². The minimum Gasteiger partial charge on any atom is -0.507 e. The van der Waals surface area contributed by atoms with E-state index in [1.807, 2.05) is 13.8 Å². The summed E-state index contributed by atoms with van der Waals surface area (Å²) < 4.78 is 0. The maximum atomic E-state index is 12.2. The van der Waals surface area contributed by atoms with Crippen molar-refractivity contribution < 1.29 is 14.7 Å². The molecule has 0 bridgehead atoms. The zero-order chi connectivity index (χ0) is 19.1. The normalized spacial score (nSPS) is 11.3. The van der Waals surface area contributed by atoms with Crippen LogP contribution in [0, 0.1) is 5.92 Å². The SMILES string of the molecule is C/C(=N\NC(=O)c1ccc(NC(=O)CC(C)C)cc1)c1ccccc1O. The molecule has 3 N–H and O–H groups in total. The number of hydrazone groups is 1. The highest BCUT2D eigenvalue weighted by Crippen LogP contribution is 2.16. The van der Waals surface area contributed by atoms with Gasteiger partial charge < -0.3 is 10.4 Å². The van der Waals surface area contributed by atoms with E-state index in [0.717, 1.165) is 0 Å². The molecule has 2 rings (SSSR count). The molecule has 0 saturated carbocycles. The zero-order valence-electron chi connectivity index (χ0n) is 15.1. The van der Waals surface area contributed by atoms with E-state index in [-0.39, 0.29) is 23.5 Å². The summed E-state index contributed by atoms with van der Waals surface area (Å²) in [7, 11) is 0. The molecule has 0 radical (unpaired) electrons. The third kappa shape index (κ3) is 5.44. The van der Waals surface area contributed by atoms with Gasteiger partial charge in [0.2, 0.25) is 5.91 Å². The molecule has 0 unspecified atom stereocenters. The van der Waals surface area contributed by atoms with Gasteiger partial charge in [-0.15, -0.1) is 0 Å². The number of carbonyl (C=O) groups excluding carboxylic acids is 2. The van der Waals surface area contributed by atoms with Crippen LogP contribution in [-0.4, -0.2) is 22.6 Å². The minimum absolute atomic E-state index is 0.0555. The van der Waals surface area contributed by atoms with Gasteiger partial charge in [0.15, 0.2) is 0 Å². The molecule has 2 amide bonds. The second-order valence-electron chi connectivity index (χ2n) is 6.38. The number of hydrogen-bond acceptors (Lipinski definition) is 4. The molecule has 2 aromatic carbocycles. The van der Waals surface area contributed by atoms with Crippen LogP contribution in [0.2, 0.25) is 0 Å². The van der Waals surface area contributed by atoms with Gasteiger partial charge >= 0.3 is 0 Å². The number of phenols is 1. The molecule has 0 aliphatic rings. The van der Waals surface area contributed by atoms with Crippen LogP contribution >= 0.6 is 0 Å². The summed E-state index contributed by atoms with van der Waals surface area (Å²) in [6, 6.07) is 13.3. The Morgan fingerprint density at radius 3 is 2.35 bits per heavy atom. The molecule has 0 saturated heterocycles. The summed E-state index contributed by atoms with van der Waals surface area (Å²) in [6.45, 7) is 5.65. The molecule has 2 aromatic rings. The van der Waals surface area contributed by atoms with Gasteiger partial charge in [-0.2, -0.15) is 5.10 Å². The lowest BCUT2D eigenvalue weighted by Gasteiger charge is -2.08. The van der Waals surface area contributed by atoms with Gasteiger partial charge in [0.25, 0.3) is 5.91 Å². The molecular formula is C20H23N3O3. The molecule has 0 spiro atoms. The van der Waals surface area contributed by atoms with Crippen molar-refractivity contribution in [1.29, 1.82) is 0 Å². The quantitative estimate of drug-likeness (QED) is 0.548. The van der Waals surface area contributed by atoms with Crippen molar-refractivity contribution in [2.24, 2.45) is 11.0 Å². The maximum absolute atomic E-state index is 12.2. The lowest BCUT2D eigenvalue weighted by molar-refractivity contribution is -0.116. The van der Waals surface area contributed by atoms with E-state index in [2.05, 4.69) is 15.8 Å². The minimum atomic E-state index is -0.375. The lowest BCUT2D eigenvalue weighted by atomic mass is 10.1. The zero-order valence-corrected chi connectivity index (χ0v) is 15.1. The number of hydrogen-bond donors (Lipinski definition) is 3. The highest BCUT2D eigenvalue weighted by atomic mass is 16.3. The molecule has 0 aliphatic carbocycles. The summed E-state index contributed by atoms with van der Waals surface area (Å²) in [5.41, 5.74) is 4.56. The number of carbonyl (C=O) groups is 2. The lowest BCUT2D eigenvalue weighted by Crippen LogP contribution is -2.19. The van der Waals surface area contributed by atoms with E-state index in [9.17, 15) is 14.7 Å². The van der Waals surface area contributed by atoms with Crippen molar-refractivity contribution in [3.8, 4) is 5.75 Å². The van der Waals surface area contributed by atoms with E-state index < -0.39 is 0 Å². The van der Waals surface area contributed by atoms with E-state index in [0.29, 0.717) is 28.9 Å². The molecule has 0 heterocycles. The fourth-order valence-corrected chi connectivity index (χ4v) is 2.33. The van der Waals surface area contributed by atoms with Crippen LogP contribution in [0.25, 0.3) is 0 Å². The van der Waals surface area contributed by atoms with Crippen LogP contribution in [0.5, 0.6) is 5.75 Å². The summed E-state index contributed by atoms with van der Waals surface area (Å²) in [4.78, 5) is 23.9. The van der Waals surface area contributed by atoms with Gasteiger partial charge in [0, 0.05) is 23.2 Å². The molecule has 0 aromatic heterocycles. The van der Waals surface area contributed by atoms with Crippen LogP contribution in [0.4, 0.5) is 5.69 Å². The first-order valence-electron chi connectivity index (χ1n) is 8.39. The van der Waals surface area contributed by atoms with Gasteiger partial charge in [-0.3, -0.25) is 9.59 Å². The van der Waals surface area contributed by atoms with Crippen molar-refractivity contribution in [2.75, 3.05) is 5.32 Å². The smallest absolute Gasteiger partial charge is 0.271 e. The van der Waals surface area contributed by atoms with Gasteiger partial charge in [-0.25, -0.2) is 5.43 Å². The topological polar surface area (TPSA) is 90.8 Å². The average molecular weight is 353 g/mol. The number of amides is 2. The van der Waals surface area contributed by atoms with Crippen LogP contribution in [0.1, 0.15) is 43.1 Å². The summed E-state index contributed by atoms with van der Waals surface area (Å²) >= 11 is 0. The number of phenolic OH excluding ortho intramolecular Hbond substituents is 1. The van der Waals surface area contributed by atoms with Crippen LogP contribution in [-0.2, 0) is 4.79 Å². The Bertz CT molecular complexity index is 811. The second kappa shape index (κ2) is 8.80.